The van der Waals surface area contributed by atoms with E-state index in [-0.39, 0.29) is 37.4 Å². The van der Waals surface area contributed by atoms with Crippen molar-refractivity contribution in [2.45, 2.75) is 50.8 Å². The molecule has 0 radical (unpaired) electrons. The number of allylic oxidation sites excluding steroid dienone is 2. The lowest BCUT2D eigenvalue weighted by atomic mass is 9.93. The molecule has 1 aliphatic rings. The third-order valence-corrected chi connectivity index (χ3v) is 6.56. The van der Waals surface area contributed by atoms with E-state index in [0.717, 1.165) is 11.1 Å². The fraction of sp³-hybridized carbons (Fsp3) is 0.433. The summed E-state index contributed by atoms with van der Waals surface area (Å²) in [5.41, 5.74) is 1.76. The van der Waals surface area contributed by atoms with Gasteiger partial charge in [0.15, 0.2) is 0 Å². The Labute approximate surface area is 224 Å². The molecule has 5 unspecified atom stereocenters. The van der Waals surface area contributed by atoms with Gasteiger partial charge in [-0.15, -0.1) is 0 Å². The molecule has 8 nitrogen and oxygen atoms in total. The second-order valence-corrected chi connectivity index (χ2v) is 9.72. The Morgan fingerprint density at radius 2 is 1.68 bits per heavy atom. The van der Waals surface area contributed by atoms with Gasteiger partial charge in [-0.1, -0.05) is 72.8 Å². The third-order valence-electron chi connectivity index (χ3n) is 6.56. The number of rotatable bonds is 9. The molecule has 8 heteroatoms. The van der Waals surface area contributed by atoms with Crippen LogP contribution in [-0.4, -0.2) is 55.3 Å². The summed E-state index contributed by atoms with van der Waals surface area (Å²) in [6.07, 6.45) is 4.19. The summed E-state index contributed by atoms with van der Waals surface area (Å²) in [7, 11) is 1.52. The fourth-order valence-corrected chi connectivity index (χ4v) is 4.50. The first-order valence-corrected chi connectivity index (χ1v) is 13.0. The highest BCUT2D eigenvalue weighted by molar-refractivity contribution is 5.86. The predicted molar refractivity (Wildman–Crippen MR) is 144 cm³/mol. The number of amides is 2. The van der Waals surface area contributed by atoms with Crippen molar-refractivity contribution in [1.29, 1.82) is 0 Å². The molecule has 204 valence electrons. The van der Waals surface area contributed by atoms with Gasteiger partial charge in [0.25, 0.3) is 0 Å². The maximum Gasteiger partial charge on any atom is 0.310 e. The highest BCUT2D eigenvalue weighted by Crippen LogP contribution is 2.27. The van der Waals surface area contributed by atoms with Crippen molar-refractivity contribution < 1.29 is 29.0 Å². The molecule has 3 N–H and O–H groups in total. The fourth-order valence-electron chi connectivity index (χ4n) is 4.50. The summed E-state index contributed by atoms with van der Waals surface area (Å²) in [5.74, 6) is -2.07. The minimum absolute atomic E-state index is 0.0382. The second kappa shape index (κ2) is 15.1. The van der Waals surface area contributed by atoms with Gasteiger partial charge in [-0.25, -0.2) is 0 Å². The van der Waals surface area contributed by atoms with Crippen LogP contribution < -0.4 is 10.6 Å². The first kappa shape index (κ1) is 29.1. The summed E-state index contributed by atoms with van der Waals surface area (Å²) in [6, 6.07) is 18.0. The summed E-state index contributed by atoms with van der Waals surface area (Å²) in [6.45, 7) is 1.61. The Morgan fingerprint density at radius 1 is 1.05 bits per heavy atom. The number of cyclic esters (lactones) is 1. The van der Waals surface area contributed by atoms with E-state index in [1.807, 2.05) is 72.8 Å². The number of aliphatic hydroxyl groups excluding tert-OH is 1. The van der Waals surface area contributed by atoms with Gasteiger partial charge in [0.05, 0.1) is 31.1 Å². The summed E-state index contributed by atoms with van der Waals surface area (Å²) in [4.78, 5) is 39.5. The zero-order chi connectivity index (χ0) is 27.3. The van der Waals surface area contributed by atoms with Crippen LogP contribution in [0.5, 0.6) is 0 Å². The number of esters is 1. The molecule has 1 heterocycles. The third kappa shape index (κ3) is 8.82. The van der Waals surface area contributed by atoms with Gasteiger partial charge in [0.1, 0.15) is 6.10 Å². The van der Waals surface area contributed by atoms with Crippen LogP contribution in [0.1, 0.15) is 43.4 Å². The highest BCUT2D eigenvalue weighted by Gasteiger charge is 2.33. The molecule has 2 aromatic carbocycles. The molecule has 0 bridgehead atoms. The van der Waals surface area contributed by atoms with Gasteiger partial charge in [-0.3, -0.25) is 14.4 Å². The van der Waals surface area contributed by atoms with Crippen molar-refractivity contribution in [3.63, 3.8) is 0 Å². The zero-order valence-electron chi connectivity index (χ0n) is 22.0. The molecule has 0 fully saturated rings. The lowest BCUT2D eigenvalue weighted by Crippen LogP contribution is -2.47. The SMILES string of the molecule is COCC1NC(=O)C(CC(=O)NC(C)CO)CC=CCC(Cc2ccccc2)C(=O)OC1c1ccccc1. The Balaban J connectivity index is 1.93. The molecule has 0 aliphatic carbocycles. The number of nitrogens with one attached hydrogen (secondary N) is 2. The number of aliphatic hydroxyl groups is 1. The summed E-state index contributed by atoms with van der Waals surface area (Å²) >= 11 is 0. The Hall–Kier alpha value is -3.49. The van der Waals surface area contributed by atoms with Gasteiger partial charge < -0.3 is 25.2 Å². The van der Waals surface area contributed by atoms with Crippen LogP contribution >= 0.6 is 0 Å². The molecule has 3 rings (SSSR count). The van der Waals surface area contributed by atoms with Crippen molar-refractivity contribution in [3.05, 3.63) is 83.9 Å². The van der Waals surface area contributed by atoms with Crippen molar-refractivity contribution in [3.8, 4) is 0 Å². The zero-order valence-corrected chi connectivity index (χ0v) is 22.0. The highest BCUT2D eigenvalue weighted by atomic mass is 16.5. The van der Waals surface area contributed by atoms with Gasteiger partial charge in [-0.2, -0.15) is 0 Å². The molecule has 0 saturated heterocycles. The van der Waals surface area contributed by atoms with Gasteiger partial charge in [0, 0.05) is 19.6 Å². The summed E-state index contributed by atoms with van der Waals surface area (Å²) < 4.78 is 11.5. The predicted octanol–water partition coefficient (Wildman–Crippen LogP) is 3.11. The maximum atomic E-state index is 13.5. The second-order valence-electron chi connectivity index (χ2n) is 9.72. The molecule has 2 amide bonds. The number of benzene rings is 2. The number of methoxy groups -OCH3 is 1. The van der Waals surface area contributed by atoms with Gasteiger partial charge in [0.2, 0.25) is 11.8 Å². The van der Waals surface area contributed by atoms with Crippen LogP contribution in [0, 0.1) is 11.8 Å². The number of carbonyl (C=O) groups is 3. The normalized spacial score (nSPS) is 23.3. The topological polar surface area (TPSA) is 114 Å². The molecule has 2 aromatic rings. The molecular formula is C30H38N2O6. The number of hydrogen-bond acceptors (Lipinski definition) is 6. The molecule has 0 aromatic heterocycles. The Morgan fingerprint density at radius 3 is 2.32 bits per heavy atom. The first-order chi connectivity index (χ1) is 18.4. The van der Waals surface area contributed by atoms with Crippen molar-refractivity contribution in [2.24, 2.45) is 11.8 Å². The van der Waals surface area contributed by atoms with Gasteiger partial charge in [-0.05, 0) is 37.3 Å². The van der Waals surface area contributed by atoms with E-state index in [1.54, 1.807) is 6.92 Å². The molecule has 38 heavy (non-hydrogen) atoms. The van der Waals surface area contributed by atoms with E-state index in [4.69, 9.17) is 9.47 Å². The van der Waals surface area contributed by atoms with Crippen LogP contribution in [0.2, 0.25) is 0 Å². The van der Waals surface area contributed by atoms with Crippen molar-refractivity contribution >= 4 is 17.8 Å². The van der Waals surface area contributed by atoms with Gasteiger partial charge >= 0.3 is 5.97 Å². The van der Waals surface area contributed by atoms with Crippen LogP contribution in [0.3, 0.4) is 0 Å². The standard InChI is InChI=1S/C30H38N2O6/c1-21(19-33)31-27(34)18-24-15-9-10-16-25(17-22-11-5-3-6-12-22)30(36)38-28(23-13-7-4-8-14-23)26(20-37-2)32-29(24)35/h3-14,21,24-26,28,33H,15-20H2,1-2H3,(H,31,34)(H,32,35). The average molecular weight is 523 g/mol. The van der Waals surface area contributed by atoms with E-state index in [9.17, 15) is 19.5 Å². The van der Waals surface area contributed by atoms with E-state index in [1.165, 1.54) is 7.11 Å². The quantitative estimate of drug-likeness (QED) is 0.345. The maximum absolute atomic E-state index is 13.5. The smallest absolute Gasteiger partial charge is 0.310 e. The molecule has 0 saturated carbocycles. The molecule has 5 atom stereocenters. The van der Waals surface area contributed by atoms with Crippen LogP contribution in [0.4, 0.5) is 0 Å². The lowest BCUT2D eigenvalue weighted by Gasteiger charge is -2.31. The molecular weight excluding hydrogens is 484 g/mol. The Bertz CT molecular complexity index is 1060. The minimum Gasteiger partial charge on any atom is -0.455 e. The van der Waals surface area contributed by atoms with Crippen LogP contribution in [-0.2, 0) is 30.3 Å². The van der Waals surface area contributed by atoms with Crippen LogP contribution in [0.15, 0.2) is 72.8 Å². The van der Waals surface area contributed by atoms with E-state index in [0.29, 0.717) is 19.3 Å². The molecule has 0 spiro atoms. The lowest BCUT2D eigenvalue weighted by molar-refractivity contribution is -0.158. The average Bonchev–Trinajstić information content (AvgIpc) is 2.92. The minimum atomic E-state index is -0.779. The number of ether oxygens (including phenoxy) is 2. The number of hydrogen-bond donors (Lipinski definition) is 3. The molecule has 1 aliphatic heterocycles. The van der Waals surface area contributed by atoms with E-state index < -0.39 is 30.0 Å². The van der Waals surface area contributed by atoms with E-state index >= 15 is 0 Å². The monoisotopic (exact) mass is 522 g/mol. The van der Waals surface area contributed by atoms with Crippen molar-refractivity contribution in [2.75, 3.05) is 20.3 Å². The number of carbonyl (C=O) groups excluding carboxylic acids is 3. The summed E-state index contributed by atoms with van der Waals surface area (Å²) in [5, 5.41) is 15.0. The van der Waals surface area contributed by atoms with E-state index in [2.05, 4.69) is 10.6 Å². The van der Waals surface area contributed by atoms with Crippen LogP contribution in [0.25, 0.3) is 0 Å². The first-order valence-electron chi connectivity index (χ1n) is 13.0. The van der Waals surface area contributed by atoms with Crippen molar-refractivity contribution in [1.82, 2.24) is 10.6 Å². The Kier molecular flexibility index (Phi) is 11.5. The largest absolute Gasteiger partial charge is 0.455 e.